The fourth-order valence-electron chi connectivity index (χ4n) is 1.65. The second kappa shape index (κ2) is 5.50. The fourth-order valence-corrected chi connectivity index (χ4v) is 1.65. The smallest absolute Gasteiger partial charge is 0.146 e. The van der Waals surface area contributed by atoms with Crippen molar-refractivity contribution in [3.63, 3.8) is 0 Å². The van der Waals surface area contributed by atoms with Crippen molar-refractivity contribution >= 4 is 0 Å². The highest BCUT2D eigenvalue weighted by atomic mass is 16.5. The summed E-state index contributed by atoms with van der Waals surface area (Å²) < 4.78 is 7.65. The lowest BCUT2D eigenvalue weighted by Crippen LogP contribution is -2.05. The van der Waals surface area contributed by atoms with E-state index in [0.29, 0.717) is 13.0 Å². The SMILES string of the molecule is Cn1ccnc1COc1ccccc1CCO. The Balaban J connectivity index is 2.06. The zero-order chi connectivity index (χ0) is 12.1. The summed E-state index contributed by atoms with van der Waals surface area (Å²) in [6.07, 6.45) is 4.24. The molecule has 2 rings (SSSR count). The normalized spacial score (nSPS) is 10.5. The summed E-state index contributed by atoms with van der Waals surface area (Å²) in [6, 6.07) is 7.74. The maximum absolute atomic E-state index is 8.97. The van der Waals surface area contributed by atoms with Crippen molar-refractivity contribution in [2.24, 2.45) is 7.05 Å². The monoisotopic (exact) mass is 232 g/mol. The Morgan fingerprint density at radius 1 is 1.35 bits per heavy atom. The third kappa shape index (κ3) is 2.85. The lowest BCUT2D eigenvalue weighted by atomic mass is 10.1. The number of nitrogens with zero attached hydrogens (tertiary/aromatic N) is 2. The van der Waals surface area contributed by atoms with Crippen LogP contribution in [0.25, 0.3) is 0 Å². The molecular formula is C13H16N2O2. The second-order valence-corrected chi connectivity index (χ2v) is 3.82. The first-order valence-corrected chi connectivity index (χ1v) is 5.59. The van der Waals surface area contributed by atoms with Crippen LogP contribution in [0.1, 0.15) is 11.4 Å². The molecule has 0 spiro atoms. The Morgan fingerprint density at radius 2 is 2.18 bits per heavy atom. The number of hydrogen-bond donors (Lipinski definition) is 1. The molecule has 0 bridgehead atoms. The molecule has 90 valence electrons. The summed E-state index contributed by atoms with van der Waals surface area (Å²) in [5, 5.41) is 8.97. The molecule has 1 aromatic heterocycles. The van der Waals surface area contributed by atoms with E-state index < -0.39 is 0 Å². The van der Waals surface area contributed by atoms with Crippen LogP contribution >= 0.6 is 0 Å². The van der Waals surface area contributed by atoms with Crippen molar-refractivity contribution < 1.29 is 9.84 Å². The minimum atomic E-state index is 0.128. The van der Waals surface area contributed by atoms with Gasteiger partial charge in [0.25, 0.3) is 0 Å². The molecule has 0 fully saturated rings. The van der Waals surface area contributed by atoms with Crippen molar-refractivity contribution in [3.8, 4) is 5.75 Å². The van der Waals surface area contributed by atoms with Crippen molar-refractivity contribution in [2.45, 2.75) is 13.0 Å². The van der Waals surface area contributed by atoms with Gasteiger partial charge in [-0.3, -0.25) is 0 Å². The van der Waals surface area contributed by atoms with Gasteiger partial charge in [0.1, 0.15) is 18.2 Å². The highest BCUT2D eigenvalue weighted by molar-refractivity contribution is 5.33. The Morgan fingerprint density at radius 3 is 2.88 bits per heavy atom. The zero-order valence-electron chi connectivity index (χ0n) is 9.84. The number of aliphatic hydroxyl groups is 1. The molecule has 0 aliphatic rings. The molecule has 0 aliphatic heterocycles. The highest BCUT2D eigenvalue weighted by Crippen LogP contribution is 2.19. The molecule has 4 heteroatoms. The van der Waals surface area contributed by atoms with E-state index in [9.17, 15) is 0 Å². The Labute approximate surface area is 100 Å². The molecule has 1 aromatic carbocycles. The number of aryl methyl sites for hydroxylation is 1. The number of hydrogen-bond acceptors (Lipinski definition) is 3. The molecule has 0 saturated heterocycles. The van der Waals surface area contributed by atoms with Crippen molar-refractivity contribution in [2.75, 3.05) is 6.61 Å². The number of rotatable bonds is 5. The summed E-state index contributed by atoms with van der Waals surface area (Å²) in [5.74, 6) is 1.69. The predicted octanol–water partition coefficient (Wildman–Crippen LogP) is 1.53. The van der Waals surface area contributed by atoms with E-state index in [1.165, 1.54) is 0 Å². The molecule has 0 atom stereocenters. The summed E-state index contributed by atoms with van der Waals surface area (Å²) in [7, 11) is 1.94. The van der Waals surface area contributed by atoms with Crippen LogP contribution in [0.4, 0.5) is 0 Å². The molecule has 0 saturated carbocycles. The maximum Gasteiger partial charge on any atom is 0.146 e. The molecule has 0 radical (unpaired) electrons. The van der Waals surface area contributed by atoms with Gasteiger partial charge >= 0.3 is 0 Å². The second-order valence-electron chi connectivity index (χ2n) is 3.82. The highest BCUT2D eigenvalue weighted by Gasteiger charge is 2.04. The van der Waals surface area contributed by atoms with Crippen molar-refractivity contribution in [1.29, 1.82) is 0 Å². The first-order valence-electron chi connectivity index (χ1n) is 5.59. The lowest BCUT2D eigenvalue weighted by molar-refractivity contribution is 0.277. The van der Waals surface area contributed by atoms with Crippen molar-refractivity contribution in [3.05, 3.63) is 48.0 Å². The van der Waals surface area contributed by atoms with Crippen LogP contribution < -0.4 is 4.74 Å². The maximum atomic E-state index is 8.97. The quantitative estimate of drug-likeness (QED) is 0.850. The number of aromatic nitrogens is 2. The number of para-hydroxylation sites is 1. The van der Waals surface area contributed by atoms with Gasteiger partial charge in [0, 0.05) is 26.0 Å². The summed E-state index contributed by atoms with van der Waals surface area (Å²) >= 11 is 0. The van der Waals surface area contributed by atoms with E-state index in [0.717, 1.165) is 17.1 Å². The van der Waals surface area contributed by atoms with E-state index in [1.807, 2.05) is 42.1 Å². The van der Waals surface area contributed by atoms with E-state index in [-0.39, 0.29) is 6.61 Å². The first kappa shape index (κ1) is 11.7. The molecular weight excluding hydrogens is 216 g/mol. The Kier molecular flexibility index (Phi) is 3.77. The molecule has 1 N–H and O–H groups in total. The minimum absolute atomic E-state index is 0.128. The molecule has 0 aliphatic carbocycles. The van der Waals surface area contributed by atoms with E-state index in [2.05, 4.69) is 4.98 Å². The van der Waals surface area contributed by atoms with Crippen LogP contribution in [-0.2, 0) is 20.1 Å². The zero-order valence-corrected chi connectivity index (χ0v) is 9.84. The predicted molar refractivity (Wildman–Crippen MR) is 64.8 cm³/mol. The number of imidazole rings is 1. The molecule has 0 amide bonds. The molecule has 17 heavy (non-hydrogen) atoms. The van der Waals surface area contributed by atoms with Crippen LogP contribution in [0, 0.1) is 0 Å². The third-order valence-corrected chi connectivity index (χ3v) is 2.63. The van der Waals surface area contributed by atoms with Gasteiger partial charge in [-0.05, 0) is 18.1 Å². The number of benzene rings is 1. The van der Waals surface area contributed by atoms with Gasteiger partial charge in [-0.2, -0.15) is 0 Å². The van der Waals surface area contributed by atoms with Crippen molar-refractivity contribution in [1.82, 2.24) is 9.55 Å². The van der Waals surface area contributed by atoms with Gasteiger partial charge in [0.2, 0.25) is 0 Å². The molecule has 4 nitrogen and oxygen atoms in total. The first-order chi connectivity index (χ1) is 8.31. The third-order valence-electron chi connectivity index (χ3n) is 2.63. The van der Waals surface area contributed by atoms with Crippen LogP contribution in [0.15, 0.2) is 36.7 Å². The van der Waals surface area contributed by atoms with Crippen LogP contribution in [0.5, 0.6) is 5.75 Å². The Bertz CT molecular complexity index is 480. The summed E-state index contributed by atoms with van der Waals surface area (Å²) in [5.41, 5.74) is 1.02. The van der Waals surface area contributed by atoms with Gasteiger partial charge in [-0.15, -0.1) is 0 Å². The van der Waals surface area contributed by atoms with E-state index in [4.69, 9.17) is 9.84 Å². The van der Waals surface area contributed by atoms with Gasteiger partial charge < -0.3 is 14.4 Å². The van der Waals surface area contributed by atoms with Crippen LogP contribution in [0.3, 0.4) is 0 Å². The van der Waals surface area contributed by atoms with Gasteiger partial charge in [0.15, 0.2) is 0 Å². The minimum Gasteiger partial charge on any atom is -0.485 e. The summed E-state index contributed by atoms with van der Waals surface area (Å²) in [6.45, 7) is 0.564. The van der Waals surface area contributed by atoms with E-state index in [1.54, 1.807) is 6.20 Å². The van der Waals surface area contributed by atoms with E-state index >= 15 is 0 Å². The molecule has 1 heterocycles. The van der Waals surface area contributed by atoms with Crippen LogP contribution in [-0.4, -0.2) is 21.3 Å². The molecule has 2 aromatic rings. The largest absolute Gasteiger partial charge is 0.485 e. The average Bonchev–Trinajstić information content (AvgIpc) is 2.74. The fraction of sp³-hybridized carbons (Fsp3) is 0.308. The Hall–Kier alpha value is -1.81. The summed E-state index contributed by atoms with van der Waals surface area (Å²) in [4.78, 5) is 4.20. The average molecular weight is 232 g/mol. The van der Waals surface area contributed by atoms with Gasteiger partial charge in [0.05, 0.1) is 0 Å². The van der Waals surface area contributed by atoms with Gasteiger partial charge in [-0.25, -0.2) is 4.98 Å². The molecule has 0 unspecified atom stereocenters. The number of ether oxygens (including phenoxy) is 1. The van der Waals surface area contributed by atoms with Crippen LogP contribution in [0.2, 0.25) is 0 Å². The lowest BCUT2D eigenvalue weighted by Gasteiger charge is -2.10. The van der Waals surface area contributed by atoms with Gasteiger partial charge in [-0.1, -0.05) is 18.2 Å². The standard InChI is InChI=1S/C13H16N2O2/c1-15-8-7-14-13(15)10-17-12-5-3-2-4-11(12)6-9-16/h2-5,7-8,16H,6,9-10H2,1H3. The topological polar surface area (TPSA) is 47.3 Å². The number of aliphatic hydroxyl groups excluding tert-OH is 1.